The Morgan fingerprint density at radius 3 is 1.54 bits per heavy atom. The Morgan fingerprint density at radius 1 is 0.750 bits per heavy atom. The molecule has 0 aliphatic carbocycles. The fourth-order valence-corrected chi connectivity index (χ4v) is 3.81. The summed E-state index contributed by atoms with van der Waals surface area (Å²) in [6.45, 7) is 5.63. The molecule has 0 radical (unpaired) electrons. The lowest BCUT2D eigenvalue weighted by Gasteiger charge is -2.13. The maximum Gasteiger partial charge on any atom is 0.0991 e. The molecular formula is C22H44N2. The van der Waals surface area contributed by atoms with E-state index >= 15 is 0 Å². The van der Waals surface area contributed by atoms with Gasteiger partial charge in [0, 0.05) is 20.0 Å². The first-order valence-corrected chi connectivity index (χ1v) is 11.0. The Hall–Kier alpha value is -0.530. The number of unbranched alkanes of at least 4 members (excludes halogenated alkanes) is 14. The number of likely N-dealkylation sites (N-methyl/N-ethyl adjacent to an activating group) is 1. The van der Waals surface area contributed by atoms with Crippen molar-refractivity contribution in [2.75, 3.05) is 13.6 Å². The average Bonchev–Trinajstić information content (AvgIpc) is 2.88. The maximum atomic E-state index is 4.72. The van der Waals surface area contributed by atoms with E-state index in [2.05, 4.69) is 25.8 Å². The summed E-state index contributed by atoms with van der Waals surface area (Å²) in [5.74, 6) is 1.34. The quantitative estimate of drug-likeness (QED) is 0.278. The van der Waals surface area contributed by atoms with Gasteiger partial charge in [-0.2, -0.15) is 0 Å². The van der Waals surface area contributed by atoms with Crippen LogP contribution in [0.2, 0.25) is 0 Å². The van der Waals surface area contributed by atoms with Gasteiger partial charge in [0.05, 0.1) is 11.9 Å². The highest BCUT2D eigenvalue weighted by Crippen LogP contribution is 2.15. The molecule has 0 saturated carbocycles. The molecule has 0 fully saturated rings. The monoisotopic (exact) mass is 336 g/mol. The van der Waals surface area contributed by atoms with Gasteiger partial charge in [0.2, 0.25) is 0 Å². The molecule has 0 N–H and O–H groups in total. The van der Waals surface area contributed by atoms with Crippen LogP contribution < -0.4 is 0 Å². The molecule has 1 aliphatic rings. The van der Waals surface area contributed by atoms with E-state index in [1.165, 1.54) is 109 Å². The van der Waals surface area contributed by atoms with Crippen LogP contribution in [0.3, 0.4) is 0 Å². The minimum atomic E-state index is 0.515. The van der Waals surface area contributed by atoms with Crippen molar-refractivity contribution in [3.63, 3.8) is 0 Å². The molecule has 0 aromatic carbocycles. The maximum absolute atomic E-state index is 4.72. The van der Waals surface area contributed by atoms with E-state index in [4.69, 9.17) is 4.99 Å². The SMILES string of the molecule is CCCCCCCCCCCCCCCCCC1=NC(C)CN1C. The second-order valence-electron chi connectivity index (χ2n) is 7.97. The lowest BCUT2D eigenvalue weighted by Crippen LogP contribution is -2.23. The fraction of sp³-hybridized carbons (Fsp3) is 0.955. The zero-order valence-electron chi connectivity index (χ0n) is 17.0. The summed E-state index contributed by atoms with van der Waals surface area (Å²) in [6, 6.07) is 0.515. The molecule has 2 nitrogen and oxygen atoms in total. The largest absolute Gasteiger partial charge is 0.361 e. The Bertz CT molecular complexity index is 311. The Labute approximate surface area is 152 Å². The summed E-state index contributed by atoms with van der Waals surface area (Å²) in [6.07, 6.45) is 22.8. The minimum Gasteiger partial charge on any atom is -0.361 e. The Morgan fingerprint density at radius 2 is 1.17 bits per heavy atom. The summed E-state index contributed by atoms with van der Waals surface area (Å²) in [4.78, 5) is 7.06. The normalized spacial score (nSPS) is 17.5. The Kier molecular flexibility index (Phi) is 13.3. The minimum absolute atomic E-state index is 0.515. The molecule has 0 aromatic rings. The van der Waals surface area contributed by atoms with Crippen LogP contribution in [0.4, 0.5) is 0 Å². The van der Waals surface area contributed by atoms with E-state index in [0.29, 0.717) is 6.04 Å². The van der Waals surface area contributed by atoms with Crippen molar-refractivity contribution in [3.8, 4) is 0 Å². The molecule has 1 aliphatic heterocycles. The van der Waals surface area contributed by atoms with Crippen LogP contribution in [-0.2, 0) is 0 Å². The summed E-state index contributed by atoms with van der Waals surface area (Å²) in [5, 5.41) is 0. The first-order valence-electron chi connectivity index (χ1n) is 11.0. The van der Waals surface area contributed by atoms with E-state index in [0.717, 1.165) is 6.54 Å². The molecule has 2 heteroatoms. The smallest absolute Gasteiger partial charge is 0.0991 e. The molecule has 0 aromatic heterocycles. The van der Waals surface area contributed by atoms with E-state index in [1.54, 1.807) is 0 Å². The van der Waals surface area contributed by atoms with Crippen molar-refractivity contribution in [1.29, 1.82) is 0 Å². The van der Waals surface area contributed by atoms with Crippen LogP contribution >= 0.6 is 0 Å². The first kappa shape index (κ1) is 21.5. The van der Waals surface area contributed by atoms with Gasteiger partial charge in [-0.25, -0.2) is 0 Å². The third-order valence-electron chi connectivity index (χ3n) is 5.35. The van der Waals surface area contributed by atoms with E-state index in [9.17, 15) is 0 Å². The summed E-state index contributed by atoms with van der Waals surface area (Å²) in [5.41, 5.74) is 0. The van der Waals surface area contributed by atoms with Crippen LogP contribution in [0.1, 0.15) is 117 Å². The molecule has 0 spiro atoms. The zero-order valence-corrected chi connectivity index (χ0v) is 17.0. The molecule has 0 saturated heterocycles. The average molecular weight is 337 g/mol. The van der Waals surface area contributed by atoms with E-state index in [-0.39, 0.29) is 0 Å². The van der Waals surface area contributed by atoms with Gasteiger partial charge in [-0.15, -0.1) is 0 Å². The number of nitrogens with zero attached hydrogens (tertiary/aromatic N) is 2. The van der Waals surface area contributed by atoms with Gasteiger partial charge in [0.1, 0.15) is 0 Å². The van der Waals surface area contributed by atoms with Crippen molar-refractivity contribution >= 4 is 5.84 Å². The van der Waals surface area contributed by atoms with Crippen LogP contribution in [0, 0.1) is 0 Å². The molecule has 0 amide bonds. The summed E-state index contributed by atoms with van der Waals surface area (Å²) in [7, 11) is 2.19. The summed E-state index contributed by atoms with van der Waals surface area (Å²) < 4.78 is 0. The highest BCUT2D eigenvalue weighted by atomic mass is 15.2. The zero-order chi connectivity index (χ0) is 17.5. The van der Waals surface area contributed by atoms with Gasteiger partial charge >= 0.3 is 0 Å². The first-order chi connectivity index (χ1) is 11.7. The number of hydrogen-bond donors (Lipinski definition) is 0. The van der Waals surface area contributed by atoms with Crippen LogP contribution in [0.25, 0.3) is 0 Å². The molecule has 1 atom stereocenters. The lowest BCUT2D eigenvalue weighted by molar-refractivity contribution is 0.500. The second kappa shape index (κ2) is 14.8. The van der Waals surface area contributed by atoms with Crippen molar-refractivity contribution in [3.05, 3.63) is 0 Å². The van der Waals surface area contributed by atoms with E-state index in [1.807, 2.05) is 0 Å². The molecular weight excluding hydrogens is 292 g/mol. The standard InChI is InChI=1S/C22H44N2/c1-4-5-6-7-8-9-10-11-12-13-14-15-16-17-18-19-22-23-21(2)20-24(22)3/h21H,4-20H2,1-3H3. The lowest BCUT2D eigenvalue weighted by atomic mass is 10.0. The van der Waals surface area contributed by atoms with E-state index < -0.39 is 0 Å². The molecule has 142 valence electrons. The highest BCUT2D eigenvalue weighted by Gasteiger charge is 2.17. The number of rotatable bonds is 16. The highest BCUT2D eigenvalue weighted by molar-refractivity contribution is 5.83. The molecule has 1 unspecified atom stereocenters. The van der Waals surface area contributed by atoms with Crippen molar-refractivity contribution < 1.29 is 0 Å². The van der Waals surface area contributed by atoms with Crippen molar-refractivity contribution in [1.82, 2.24) is 4.90 Å². The van der Waals surface area contributed by atoms with Gasteiger partial charge in [0.25, 0.3) is 0 Å². The van der Waals surface area contributed by atoms with Crippen LogP contribution in [0.15, 0.2) is 4.99 Å². The van der Waals surface area contributed by atoms with Crippen LogP contribution in [0.5, 0.6) is 0 Å². The van der Waals surface area contributed by atoms with Gasteiger partial charge in [-0.3, -0.25) is 4.99 Å². The molecule has 1 rings (SSSR count). The molecule has 1 heterocycles. The van der Waals surface area contributed by atoms with Crippen molar-refractivity contribution in [2.24, 2.45) is 4.99 Å². The topological polar surface area (TPSA) is 15.6 Å². The van der Waals surface area contributed by atoms with Gasteiger partial charge in [-0.05, 0) is 13.3 Å². The third-order valence-corrected chi connectivity index (χ3v) is 5.35. The number of amidine groups is 1. The predicted molar refractivity (Wildman–Crippen MR) is 109 cm³/mol. The Balaban J connectivity index is 1.74. The summed E-state index contributed by atoms with van der Waals surface area (Å²) >= 11 is 0. The number of aliphatic imine (C=N–C) groups is 1. The number of hydrogen-bond acceptors (Lipinski definition) is 2. The van der Waals surface area contributed by atoms with Gasteiger partial charge in [-0.1, -0.05) is 96.8 Å². The van der Waals surface area contributed by atoms with Crippen molar-refractivity contribution in [2.45, 2.75) is 123 Å². The van der Waals surface area contributed by atoms with Gasteiger partial charge in [0.15, 0.2) is 0 Å². The molecule has 24 heavy (non-hydrogen) atoms. The second-order valence-corrected chi connectivity index (χ2v) is 7.97. The third kappa shape index (κ3) is 11.1. The predicted octanol–water partition coefficient (Wildman–Crippen LogP) is 6.98. The fourth-order valence-electron chi connectivity index (χ4n) is 3.81. The molecule has 0 bridgehead atoms. The van der Waals surface area contributed by atoms with Crippen LogP contribution in [-0.4, -0.2) is 30.4 Å². The van der Waals surface area contributed by atoms with Gasteiger partial charge < -0.3 is 4.90 Å².